The third-order valence-electron chi connectivity index (χ3n) is 4.29. The molecule has 0 saturated carbocycles. The van der Waals surface area contributed by atoms with Crippen LogP contribution in [-0.4, -0.2) is 28.0 Å². The van der Waals surface area contributed by atoms with Crippen LogP contribution in [0, 0.1) is 6.92 Å². The Hall–Kier alpha value is -2.05. The number of sulfonamides is 1. The maximum Gasteiger partial charge on any atom is 0.337 e. The van der Waals surface area contributed by atoms with Gasteiger partial charge in [0.25, 0.3) is 10.0 Å². The summed E-state index contributed by atoms with van der Waals surface area (Å²) in [4.78, 5) is 11.9. The maximum atomic E-state index is 13.3. The van der Waals surface area contributed by atoms with Gasteiger partial charge in [-0.05, 0) is 61.2 Å². The first-order valence-corrected chi connectivity index (χ1v) is 9.66. The van der Waals surface area contributed by atoms with Crippen molar-refractivity contribution in [3.63, 3.8) is 0 Å². The average molecular weight is 380 g/mol. The second-order valence-electron chi connectivity index (χ2n) is 5.93. The minimum Gasteiger partial charge on any atom is -0.465 e. The van der Waals surface area contributed by atoms with E-state index < -0.39 is 16.0 Å². The molecule has 2 aromatic carbocycles. The van der Waals surface area contributed by atoms with Gasteiger partial charge in [-0.1, -0.05) is 17.7 Å². The van der Waals surface area contributed by atoms with E-state index in [4.69, 9.17) is 16.3 Å². The van der Waals surface area contributed by atoms with Crippen molar-refractivity contribution in [2.24, 2.45) is 0 Å². The van der Waals surface area contributed by atoms with Crippen LogP contribution >= 0.6 is 11.6 Å². The molecule has 0 spiro atoms. The predicted molar refractivity (Wildman–Crippen MR) is 96.8 cm³/mol. The lowest BCUT2D eigenvalue weighted by atomic mass is 10.0. The molecule has 2 aromatic rings. The van der Waals surface area contributed by atoms with Crippen molar-refractivity contribution in [3.8, 4) is 0 Å². The van der Waals surface area contributed by atoms with Crippen molar-refractivity contribution in [2.45, 2.75) is 24.7 Å². The minimum atomic E-state index is -3.80. The van der Waals surface area contributed by atoms with Gasteiger partial charge in [-0.25, -0.2) is 13.2 Å². The molecular weight excluding hydrogens is 362 g/mol. The summed E-state index contributed by atoms with van der Waals surface area (Å²) in [6.45, 7) is 2.10. The van der Waals surface area contributed by atoms with E-state index in [9.17, 15) is 13.2 Å². The summed E-state index contributed by atoms with van der Waals surface area (Å²) in [6.07, 6.45) is 1.49. The van der Waals surface area contributed by atoms with E-state index in [-0.39, 0.29) is 10.5 Å². The van der Waals surface area contributed by atoms with Crippen LogP contribution in [0.5, 0.6) is 0 Å². The molecule has 0 atom stereocenters. The fourth-order valence-corrected chi connectivity index (χ4v) is 5.01. The van der Waals surface area contributed by atoms with E-state index in [0.29, 0.717) is 29.2 Å². The van der Waals surface area contributed by atoms with Gasteiger partial charge in [0.05, 0.1) is 23.3 Å². The normalized spacial score (nSPS) is 14.1. The van der Waals surface area contributed by atoms with E-state index >= 15 is 0 Å². The summed E-state index contributed by atoms with van der Waals surface area (Å²) in [5.74, 6) is -0.567. The molecule has 0 aromatic heterocycles. The molecule has 3 rings (SSSR count). The highest BCUT2D eigenvalue weighted by Gasteiger charge is 2.31. The van der Waals surface area contributed by atoms with Gasteiger partial charge in [-0.2, -0.15) is 0 Å². The average Bonchev–Trinajstić information content (AvgIpc) is 2.60. The lowest BCUT2D eigenvalue weighted by Gasteiger charge is -2.31. The Labute approximate surface area is 152 Å². The quantitative estimate of drug-likeness (QED) is 0.765. The highest BCUT2D eigenvalue weighted by Crippen LogP contribution is 2.34. The summed E-state index contributed by atoms with van der Waals surface area (Å²) < 4.78 is 32.6. The maximum absolute atomic E-state index is 13.3. The minimum absolute atomic E-state index is 0.109. The van der Waals surface area contributed by atoms with E-state index in [1.54, 1.807) is 37.3 Å². The second kappa shape index (κ2) is 6.69. The molecule has 1 aliphatic rings. The number of fused-ring (bicyclic) bond motifs is 1. The third-order valence-corrected chi connectivity index (χ3v) is 6.49. The predicted octanol–water partition coefficient (Wildman–Crippen LogP) is 3.58. The van der Waals surface area contributed by atoms with Gasteiger partial charge in [0.1, 0.15) is 0 Å². The van der Waals surface area contributed by atoms with Crippen LogP contribution < -0.4 is 4.31 Å². The number of aryl methyl sites for hydroxylation is 2. The Balaban J connectivity index is 2.11. The molecule has 5 nitrogen and oxygen atoms in total. The standard InChI is InChI=1S/C18H18ClNO4S/c1-12-5-6-14(18(21)24-2)11-17(12)25(22,23)20-9-3-4-13-10-15(19)7-8-16(13)20/h5-8,10-11H,3-4,9H2,1-2H3. The SMILES string of the molecule is COC(=O)c1ccc(C)c(S(=O)(=O)N2CCCc3cc(Cl)ccc32)c1. The van der Waals surface area contributed by atoms with Crippen molar-refractivity contribution >= 4 is 33.3 Å². The topological polar surface area (TPSA) is 63.7 Å². The summed E-state index contributed by atoms with van der Waals surface area (Å²) >= 11 is 6.03. The molecule has 0 unspecified atom stereocenters. The van der Waals surface area contributed by atoms with Crippen molar-refractivity contribution in [2.75, 3.05) is 18.0 Å². The summed E-state index contributed by atoms with van der Waals surface area (Å²) in [5.41, 5.74) is 2.33. The number of halogens is 1. The molecule has 0 saturated heterocycles. The number of carbonyl (C=O) groups is 1. The van der Waals surface area contributed by atoms with Crippen molar-refractivity contribution in [3.05, 3.63) is 58.1 Å². The van der Waals surface area contributed by atoms with E-state index in [2.05, 4.69) is 0 Å². The zero-order chi connectivity index (χ0) is 18.2. The molecule has 0 radical (unpaired) electrons. The van der Waals surface area contributed by atoms with Gasteiger partial charge >= 0.3 is 5.97 Å². The van der Waals surface area contributed by atoms with Gasteiger partial charge in [0.2, 0.25) is 0 Å². The molecule has 1 aliphatic heterocycles. The van der Waals surface area contributed by atoms with Crippen LogP contribution in [-0.2, 0) is 21.2 Å². The van der Waals surface area contributed by atoms with Gasteiger partial charge in [0, 0.05) is 11.6 Å². The number of anilines is 1. The van der Waals surface area contributed by atoms with Crippen LogP contribution in [0.25, 0.3) is 0 Å². The largest absolute Gasteiger partial charge is 0.465 e. The number of ether oxygens (including phenoxy) is 1. The van der Waals surface area contributed by atoms with E-state index in [1.807, 2.05) is 0 Å². The number of esters is 1. The molecule has 0 fully saturated rings. The fourth-order valence-electron chi connectivity index (χ4n) is 3.02. The number of rotatable bonds is 3. The van der Waals surface area contributed by atoms with Gasteiger partial charge in [-0.15, -0.1) is 0 Å². The molecule has 1 heterocycles. The van der Waals surface area contributed by atoms with Crippen LogP contribution in [0.2, 0.25) is 5.02 Å². The first-order valence-electron chi connectivity index (χ1n) is 7.84. The molecule has 0 N–H and O–H groups in total. The number of carbonyl (C=O) groups excluding carboxylic acids is 1. The van der Waals surface area contributed by atoms with Gasteiger partial charge in [-0.3, -0.25) is 4.31 Å². The number of hydrogen-bond donors (Lipinski definition) is 0. The molecular formula is C18H18ClNO4S. The Kier molecular flexibility index (Phi) is 4.75. The highest BCUT2D eigenvalue weighted by molar-refractivity contribution is 7.92. The molecule has 7 heteroatoms. The summed E-state index contributed by atoms with van der Waals surface area (Å²) in [5, 5.41) is 0.585. The van der Waals surface area contributed by atoms with Gasteiger partial charge < -0.3 is 4.74 Å². The summed E-state index contributed by atoms with van der Waals surface area (Å²) in [7, 11) is -2.54. The first-order chi connectivity index (χ1) is 11.8. The third kappa shape index (κ3) is 3.24. The molecule has 0 bridgehead atoms. The smallest absolute Gasteiger partial charge is 0.337 e. The first kappa shape index (κ1) is 17.8. The number of nitrogens with zero attached hydrogens (tertiary/aromatic N) is 1. The summed E-state index contributed by atoms with van der Waals surface area (Å²) in [6, 6.07) is 9.77. The second-order valence-corrected chi connectivity index (χ2v) is 8.19. The Bertz CT molecular complexity index is 940. The van der Waals surface area contributed by atoms with E-state index in [0.717, 1.165) is 12.0 Å². The Morgan fingerprint density at radius 1 is 1.20 bits per heavy atom. The Morgan fingerprint density at radius 3 is 2.68 bits per heavy atom. The molecule has 0 aliphatic carbocycles. The fraction of sp³-hybridized carbons (Fsp3) is 0.278. The van der Waals surface area contributed by atoms with Crippen molar-refractivity contribution in [1.29, 1.82) is 0 Å². The number of benzene rings is 2. The van der Waals surface area contributed by atoms with Gasteiger partial charge in [0.15, 0.2) is 0 Å². The monoisotopic (exact) mass is 379 g/mol. The van der Waals surface area contributed by atoms with Crippen LogP contribution in [0.3, 0.4) is 0 Å². The molecule has 0 amide bonds. The molecule has 25 heavy (non-hydrogen) atoms. The lowest BCUT2D eigenvalue weighted by molar-refractivity contribution is 0.0600. The van der Waals surface area contributed by atoms with Crippen LogP contribution in [0.1, 0.15) is 27.9 Å². The van der Waals surface area contributed by atoms with Crippen LogP contribution in [0.4, 0.5) is 5.69 Å². The van der Waals surface area contributed by atoms with Crippen molar-refractivity contribution < 1.29 is 17.9 Å². The van der Waals surface area contributed by atoms with Crippen molar-refractivity contribution in [1.82, 2.24) is 0 Å². The zero-order valence-electron chi connectivity index (χ0n) is 14.0. The number of hydrogen-bond acceptors (Lipinski definition) is 4. The highest BCUT2D eigenvalue weighted by atomic mass is 35.5. The zero-order valence-corrected chi connectivity index (χ0v) is 15.5. The number of methoxy groups -OCH3 is 1. The molecule has 132 valence electrons. The van der Waals surface area contributed by atoms with E-state index in [1.165, 1.54) is 17.5 Å². The lowest BCUT2D eigenvalue weighted by Crippen LogP contribution is -2.36. The van der Waals surface area contributed by atoms with Crippen LogP contribution in [0.15, 0.2) is 41.3 Å². The Morgan fingerprint density at radius 2 is 1.96 bits per heavy atom.